The zero-order valence-corrected chi connectivity index (χ0v) is 20.3. The molecule has 3 aliphatic carbocycles. The van der Waals surface area contributed by atoms with Gasteiger partial charge in [0.25, 0.3) is 0 Å². The van der Waals surface area contributed by atoms with Gasteiger partial charge >= 0.3 is 0 Å². The lowest BCUT2D eigenvalue weighted by Gasteiger charge is -2.44. The average Bonchev–Trinajstić information content (AvgIpc) is 3.04. The van der Waals surface area contributed by atoms with E-state index in [0.717, 1.165) is 17.6 Å². The molecule has 1 unspecified atom stereocenters. The Hall–Kier alpha value is -1.16. The molecule has 174 valence electrons. The summed E-state index contributed by atoms with van der Waals surface area (Å²) in [4.78, 5) is 0. The highest BCUT2D eigenvalue weighted by Gasteiger charge is 2.50. The molecule has 0 aliphatic heterocycles. The van der Waals surface area contributed by atoms with Crippen LogP contribution in [0.15, 0.2) is 47.6 Å². The van der Waals surface area contributed by atoms with Crippen molar-refractivity contribution in [3.05, 3.63) is 47.6 Å². The van der Waals surface area contributed by atoms with E-state index in [-0.39, 0.29) is 5.92 Å². The first-order valence-corrected chi connectivity index (χ1v) is 12.3. The minimum atomic E-state index is -0.684. The standard InChI is InChI=1S/C28H44O3/c1-18(9-10-19(2)27(4,5)31)24-13-14-25-21(8-7-15-28(24,25)6)11-12-22-16-23(29)17-26(30)20(22)3/h9-12,18-19,23-26,29-31H,3,7-8,13-17H2,1-2,4-6H3/b10-9+,21-11+,22-12-/t18-,19+,23-,24?,25+,26+,28-/m1/s1. The highest BCUT2D eigenvalue weighted by Crippen LogP contribution is 2.59. The molecule has 0 amide bonds. The van der Waals surface area contributed by atoms with E-state index in [9.17, 15) is 15.3 Å². The van der Waals surface area contributed by atoms with Gasteiger partial charge in [0.2, 0.25) is 0 Å². The molecule has 0 bridgehead atoms. The Bertz CT molecular complexity index is 753. The van der Waals surface area contributed by atoms with E-state index in [2.05, 4.69) is 51.7 Å². The molecule has 0 radical (unpaired) electrons. The molecule has 0 saturated heterocycles. The lowest BCUT2D eigenvalue weighted by atomic mass is 9.61. The van der Waals surface area contributed by atoms with Crippen LogP contribution in [0.4, 0.5) is 0 Å². The number of allylic oxidation sites excluding steroid dienone is 4. The maximum absolute atomic E-state index is 10.3. The van der Waals surface area contributed by atoms with Gasteiger partial charge in [-0.2, -0.15) is 0 Å². The molecule has 3 nitrogen and oxygen atoms in total. The Morgan fingerprint density at radius 3 is 2.52 bits per heavy atom. The van der Waals surface area contributed by atoms with Gasteiger partial charge in [-0.1, -0.05) is 57.2 Å². The van der Waals surface area contributed by atoms with Gasteiger partial charge < -0.3 is 15.3 Å². The third kappa shape index (κ3) is 5.26. The lowest BCUT2D eigenvalue weighted by Crippen LogP contribution is -2.35. The van der Waals surface area contributed by atoms with Crippen molar-refractivity contribution in [1.29, 1.82) is 0 Å². The summed E-state index contributed by atoms with van der Waals surface area (Å²) in [7, 11) is 0. The first-order valence-electron chi connectivity index (χ1n) is 12.3. The van der Waals surface area contributed by atoms with Crippen molar-refractivity contribution in [2.75, 3.05) is 0 Å². The van der Waals surface area contributed by atoms with Crippen LogP contribution >= 0.6 is 0 Å². The van der Waals surface area contributed by atoms with Gasteiger partial charge in [-0.3, -0.25) is 0 Å². The van der Waals surface area contributed by atoms with Gasteiger partial charge in [-0.05, 0) is 86.7 Å². The molecule has 0 spiro atoms. The summed E-state index contributed by atoms with van der Waals surface area (Å²) < 4.78 is 0. The molecular formula is C28H44O3. The molecule has 0 aromatic heterocycles. The SMILES string of the molecule is C=C1/C(=C\C=C2/CCC[C@]3(C)C([C@H](C)/C=C/[C@H](C)C(C)(C)O)CC[C@@H]23)C[C@@H](O)C[C@@H]1O. The minimum absolute atomic E-state index is 0.141. The predicted molar refractivity (Wildman–Crippen MR) is 128 cm³/mol. The second-order valence-corrected chi connectivity index (χ2v) is 11.4. The van der Waals surface area contributed by atoms with Crippen LogP contribution in [0.1, 0.15) is 79.6 Å². The normalized spacial score (nSPS) is 39.3. The van der Waals surface area contributed by atoms with Gasteiger partial charge in [0, 0.05) is 12.3 Å². The molecule has 0 heterocycles. The largest absolute Gasteiger partial charge is 0.393 e. The van der Waals surface area contributed by atoms with E-state index in [0.29, 0.717) is 36.0 Å². The Morgan fingerprint density at radius 1 is 1.13 bits per heavy atom. The van der Waals surface area contributed by atoms with E-state index in [1.807, 2.05) is 13.8 Å². The Labute approximate surface area is 189 Å². The summed E-state index contributed by atoms with van der Waals surface area (Å²) in [5.41, 5.74) is 2.93. The van der Waals surface area contributed by atoms with Crippen LogP contribution in [-0.4, -0.2) is 33.1 Å². The van der Waals surface area contributed by atoms with Crippen LogP contribution in [-0.2, 0) is 0 Å². The average molecular weight is 429 g/mol. The van der Waals surface area contributed by atoms with E-state index < -0.39 is 17.8 Å². The van der Waals surface area contributed by atoms with Crippen molar-refractivity contribution in [2.45, 2.75) is 97.4 Å². The summed E-state index contributed by atoms with van der Waals surface area (Å²) in [5, 5.41) is 30.4. The molecule has 3 rings (SSSR count). The number of aliphatic hydroxyl groups excluding tert-OH is 2. The topological polar surface area (TPSA) is 60.7 Å². The van der Waals surface area contributed by atoms with Crippen molar-refractivity contribution in [1.82, 2.24) is 0 Å². The third-order valence-corrected chi connectivity index (χ3v) is 8.75. The summed E-state index contributed by atoms with van der Waals surface area (Å²) in [5.74, 6) is 1.91. The zero-order valence-electron chi connectivity index (χ0n) is 20.3. The van der Waals surface area contributed by atoms with Gasteiger partial charge in [0.15, 0.2) is 0 Å². The maximum atomic E-state index is 10.3. The number of rotatable bonds is 5. The fraction of sp³-hybridized carbons (Fsp3) is 0.714. The van der Waals surface area contributed by atoms with Gasteiger partial charge in [-0.25, -0.2) is 0 Å². The maximum Gasteiger partial charge on any atom is 0.0811 e. The summed E-state index contributed by atoms with van der Waals surface area (Å²) in [6.45, 7) is 14.7. The molecule has 3 heteroatoms. The van der Waals surface area contributed by atoms with E-state index >= 15 is 0 Å². The summed E-state index contributed by atoms with van der Waals surface area (Å²) >= 11 is 0. The monoisotopic (exact) mass is 428 g/mol. The first-order chi connectivity index (χ1) is 14.4. The molecule has 0 aromatic rings. The molecule has 3 saturated carbocycles. The number of aliphatic hydroxyl groups is 3. The molecule has 31 heavy (non-hydrogen) atoms. The van der Waals surface area contributed by atoms with Crippen LogP contribution in [0, 0.1) is 29.1 Å². The second kappa shape index (κ2) is 9.37. The summed E-state index contributed by atoms with van der Waals surface area (Å²) in [6.07, 6.45) is 15.0. The fourth-order valence-electron chi connectivity index (χ4n) is 6.32. The van der Waals surface area contributed by atoms with Crippen molar-refractivity contribution < 1.29 is 15.3 Å². The van der Waals surface area contributed by atoms with Crippen LogP contribution < -0.4 is 0 Å². The van der Waals surface area contributed by atoms with Crippen LogP contribution in [0.2, 0.25) is 0 Å². The van der Waals surface area contributed by atoms with Crippen molar-refractivity contribution in [2.24, 2.45) is 29.1 Å². The van der Waals surface area contributed by atoms with Crippen LogP contribution in [0.25, 0.3) is 0 Å². The highest BCUT2D eigenvalue weighted by atomic mass is 16.3. The van der Waals surface area contributed by atoms with E-state index in [1.165, 1.54) is 31.3 Å². The summed E-state index contributed by atoms with van der Waals surface area (Å²) in [6, 6.07) is 0. The second-order valence-electron chi connectivity index (χ2n) is 11.4. The van der Waals surface area contributed by atoms with Gasteiger partial charge in [0.1, 0.15) is 0 Å². The van der Waals surface area contributed by atoms with Gasteiger partial charge in [0.05, 0.1) is 17.8 Å². The van der Waals surface area contributed by atoms with Crippen molar-refractivity contribution >= 4 is 0 Å². The van der Waals surface area contributed by atoms with Crippen molar-refractivity contribution in [3.63, 3.8) is 0 Å². The third-order valence-electron chi connectivity index (χ3n) is 8.75. The van der Waals surface area contributed by atoms with Gasteiger partial charge in [-0.15, -0.1) is 0 Å². The minimum Gasteiger partial charge on any atom is -0.393 e. The smallest absolute Gasteiger partial charge is 0.0811 e. The molecule has 3 N–H and O–H groups in total. The Balaban J connectivity index is 1.76. The lowest BCUT2D eigenvalue weighted by molar-refractivity contribution is 0.0436. The predicted octanol–water partition coefficient (Wildman–Crippen LogP) is 5.73. The molecule has 0 aromatic carbocycles. The van der Waals surface area contributed by atoms with E-state index in [4.69, 9.17) is 0 Å². The quantitative estimate of drug-likeness (QED) is 0.490. The fourth-order valence-corrected chi connectivity index (χ4v) is 6.32. The molecule has 3 fully saturated rings. The Kier molecular flexibility index (Phi) is 7.40. The number of hydrogen-bond donors (Lipinski definition) is 3. The molecule has 7 atom stereocenters. The molecular weight excluding hydrogens is 384 g/mol. The first kappa shape index (κ1) is 24.5. The highest BCUT2D eigenvalue weighted by molar-refractivity contribution is 5.38. The zero-order chi connectivity index (χ0) is 23.0. The number of hydrogen-bond acceptors (Lipinski definition) is 3. The van der Waals surface area contributed by atoms with Crippen molar-refractivity contribution in [3.8, 4) is 0 Å². The Morgan fingerprint density at radius 2 is 1.84 bits per heavy atom. The van der Waals surface area contributed by atoms with Crippen LogP contribution in [0.5, 0.6) is 0 Å². The van der Waals surface area contributed by atoms with Crippen LogP contribution in [0.3, 0.4) is 0 Å². The molecule has 3 aliphatic rings. The van der Waals surface area contributed by atoms with E-state index in [1.54, 1.807) is 0 Å². The number of fused-ring (bicyclic) bond motifs is 1.